The number of aliphatic hydroxyl groups is 1. The first-order valence-corrected chi connectivity index (χ1v) is 18.4. The molecule has 4 aromatic carbocycles. The van der Waals surface area contributed by atoms with Crippen LogP contribution in [0.4, 0.5) is 22.4 Å². The summed E-state index contributed by atoms with van der Waals surface area (Å²) in [6, 6.07) is 21.4. The van der Waals surface area contributed by atoms with Crippen molar-refractivity contribution in [3.05, 3.63) is 139 Å². The van der Waals surface area contributed by atoms with Gasteiger partial charge in [0.1, 0.15) is 35.0 Å². The van der Waals surface area contributed by atoms with Crippen molar-refractivity contribution >= 4 is 38.0 Å². The lowest BCUT2D eigenvalue weighted by molar-refractivity contribution is 0.0495. The second kappa shape index (κ2) is 21.5. The molecule has 4 aromatic rings. The number of benzene rings is 4. The highest BCUT2D eigenvalue weighted by Crippen LogP contribution is 2.20. The zero-order valence-corrected chi connectivity index (χ0v) is 32.9. The molecule has 0 unspecified atom stereocenters. The summed E-state index contributed by atoms with van der Waals surface area (Å²) in [5, 5.41) is 15.9. The van der Waals surface area contributed by atoms with Gasteiger partial charge in [0, 0.05) is 46.8 Å². The fraction of sp³-hybridized carbons (Fsp3) is 0.359. The third-order valence-electron chi connectivity index (χ3n) is 7.47. The zero-order valence-electron chi connectivity index (χ0n) is 29.7. The van der Waals surface area contributed by atoms with Crippen molar-refractivity contribution in [2.45, 2.75) is 76.6 Å². The number of halogens is 6. The molecule has 4 atom stereocenters. The van der Waals surface area contributed by atoms with Crippen molar-refractivity contribution in [1.29, 1.82) is 0 Å². The van der Waals surface area contributed by atoms with Crippen LogP contribution in [0.2, 0.25) is 0 Å². The van der Waals surface area contributed by atoms with E-state index < -0.39 is 47.1 Å². The third kappa shape index (κ3) is 18.0. The maximum Gasteiger partial charge on any atom is 0.407 e. The average Bonchev–Trinajstić information content (AvgIpc) is 3.89. The Bertz CT molecular complexity index is 1720. The monoisotopic (exact) mass is 868 g/mol. The van der Waals surface area contributed by atoms with Crippen LogP contribution in [0.15, 0.2) is 93.9 Å². The quantitative estimate of drug-likeness (QED) is 0.0738. The Morgan fingerprint density at radius 2 is 1.34 bits per heavy atom. The normalized spacial score (nSPS) is 15.1. The van der Waals surface area contributed by atoms with Crippen molar-refractivity contribution in [1.82, 2.24) is 10.6 Å². The van der Waals surface area contributed by atoms with Crippen LogP contribution in [0.25, 0.3) is 0 Å². The largest absolute Gasteiger partial charge is 0.444 e. The van der Waals surface area contributed by atoms with Crippen molar-refractivity contribution in [2.75, 3.05) is 13.2 Å². The molecular weight excluding hydrogens is 824 g/mol. The molecule has 0 aromatic heterocycles. The minimum absolute atomic E-state index is 0.149. The van der Waals surface area contributed by atoms with Gasteiger partial charge in [-0.15, -0.1) is 0 Å². The Hall–Kier alpha value is -3.37. The lowest BCUT2D eigenvalue weighted by Crippen LogP contribution is -2.43. The van der Waals surface area contributed by atoms with Gasteiger partial charge in [-0.25, -0.2) is 22.4 Å². The van der Waals surface area contributed by atoms with Gasteiger partial charge in [-0.05, 0) is 104 Å². The van der Waals surface area contributed by atoms with E-state index in [-0.39, 0.29) is 25.0 Å². The number of hydrogen-bond acceptors (Lipinski definition) is 7. The molecule has 0 saturated carbocycles. The highest BCUT2D eigenvalue weighted by atomic mass is 79.9. The first-order valence-electron chi connectivity index (χ1n) is 16.8. The van der Waals surface area contributed by atoms with E-state index in [0.717, 1.165) is 32.2 Å². The Balaban J connectivity index is 0.000000233. The number of rotatable bonds is 12. The average molecular weight is 871 g/mol. The highest BCUT2D eigenvalue weighted by Gasteiger charge is 2.35. The van der Waals surface area contributed by atoms with Gasteiger partial charge in [-0.3, -0.25) is 0 Å². The van der Waals surface area contributed by atoms with Gasteiger partial charge < -0.3 is 36.7 Å². The second-order valence-electron chi connectivity index (χ2n) is 13.4. The van der Waals surface area contributed by atoms with Crippen molar-refractivity contribution in [3.63, 3.8) is 0 Å². The van der Waals surface area contributed by atoms with Gasteiger partial charge in [-0.1, -0.05) is 56.1 Å². The molecule has 0 bridgehead atoms. The fourth-order valence-corrected chi connectivity index (χ4v) is 5.86. The molecule has 1 amide bonds. The number of aliphatic hydroxyl groups excluding tert-OH is 1. The van der Waals surface area contributed by atoms with Crippen LogP contribution in [-0.4, -0.2) is 54.2 Å². The minimum Gasteiger partial charge on any atom is -0.444 e. The van der Waals surface area contributed by atoms with Crippen LogP contribution in [0.5, 0.6) is 0 Å². The van der Waals surface area contributed by atoms with Gasteiger partial charge in [0.25, 0.3) is 0 Å². The van der Waals surface area contributed by atoms with Crippen molar-refractivity contribution in [2.24, 2.45) is 11.5 Å². The number of nitrogens with two attached hydrogens (primary N) is 2. The molecule has 1 aliphatic heterocycles. The van der Waals surface area contributed by atoms with E-state index in [2.05, 4.69) is 42.5 Å². The van der Waals surface area contributed by atoms with Crippen LogP contribution < -0.4 is 22.1 Å². The molecule has 0 radical (unpaired) electrons. The summed E-state index contributed by atoms with van der Waals surface area (Å²) < 4.78 is 65.1. The molecule has 53 heavy (non-hydrogen) atoms. The summed E-state index contributed by atoms with van der Waals surface area (Å²) in [6.07, 6.45) is -1.05. The van der Waals surface area contributed by atoms with Gasteiger partial charge in [0.05, 0.1) is 18.8 Å². The molecule has 1 saturated heterocycles. The SMILES string of the molecule is CC(C)(C)OC(=O)N[C@@H](Cc1cc(F)cc(F)c1)[C@H]1CO1.NCc1cccc(Br)c1.N[C@@H](Cc1cc(F)cc(F)c1)[C@H](O)CNCc1cccc(Br)c1. The summed E-state index contributed by atoms with van der Waals surface area (Å²) in [5.41, 5.74) is 13.8. The number of carbonyl (C=O) groups is 1. The van der Waals surface area contributed by atoms with E-state index >= 15 is 0 Å². The zero-order chi connectivity index (χ0) is 39.1. The smallest absolute Gasteiger partial charge is 0.407 e. The number of carbonyl (C=O) groups excluding carboxylic acids is 1. The molecule has 5 rings (SSSR count). The van der Waals surface area contributed by atoms with Gasteiger partial charge in [0.15, 0.2) is 0 Å². The number of amides is 1. The van der Waals surface area contributed by atoms with Crippen LogP contribution >= 0.6 is 31.9 Å². The van der Waals surface area contributed by atoms with Crippen LogP contribution in [0.3, 0.4) is 0 Å². The number of ether oxygens (including phenoxy) is 2. The molecule has 288 valence electrons. The number of nitrogens with one attached hydrogen (secondary N) is 2. The maximum atomic E-state index is 13.2. The predicted octanol–water partition coefficient (Wildman–Crippen LogP) is 7.46. The van der Waals surface area contributed by atoms with E-state index in [1.165, 1.54) is 24.3 Å². The van der Waals surface area contributed by atoms with E-state index in [1.54, 1.807) is 20.8 Å². The van der Waals surface area contributed by atoms with Crippen LogP contribution in [0, 0.1) is 23.3 Å². The number of alkyl carbamates (subject to hydrolysis) is 1. The molecular formula is C39H46Br2F4N4O4. The summed E-state index contributed by atoms with van der Waals surface area (Å²) in [4.78, 5) is 11.8. The summed E-state index contributed by atoms with van der Waals surface area (Å²) in [6.45, 7) is 7.30. The predicted molar refractivity (Wildman–Crippen MR) is 205 cm³/mol. The number of hydrogen-bond donors (Lipinski definition) is 5. The first-order chi connectivity index (χ1) is 25.0. The molecule has 0 aliphatic carbocycles. The van der Waals surface area contributed by atoms with Gasteiger partial charge in [0.2, 0.25) is 0 Å². The van der Waals surface area contributed by atoms with Crippen LogP contribution in [-0.2, 0) is 35.4 Å². The molecule has 7 N–H and O–H groups in total. The summed E-state index contributed by atoms with van der Waals surface area (Å²) in [5.74, 6) is -2.57. The molecule has 1 aliphatic rings. The third-order valence-corrected chi connectivity index (χ3v) is 8.46. The second-order valence-corrected chi connectivity index (χ2v) is 15.2. The number of epoxide rings is 1. The van der Waals surface area contributed by atoms with Crippen molar-refractivity contribution in [3.8, 4) is 0 Å². The Morgan fingerprint density at radius 1 is 0.849 bits per heavy atom. The molecule has 0 spiro atoms. The fourth-order valence-electron chi connectivity index (χ4n) is 4.97. The Labute approximate surface area is 324 Å². The topological polar surface area (TPSA) is 135 Å². The lowest BCUT2D eigenvalue weighted by atomic mass is 10.0. The standard InChI is InChI=1S/C17H19BrF2N2O.C15H19F2NO3.C7H8BrN/c18-13-3-1-2-11(4-13)9-22-10-17(23)16(21)7-12-5-14(19)8-15(20)6-12;1-15(2,3)21-14(19)18-12(13-8-20-13)6-9-4-10(16)7-11(17)5-9;8-7-3-1-2-6(4-7)5-9/h1-6,8,16-17,22-23H,7,9-10,21H2;4-5,7,12-13H,6,8H2,1-3H3,(H,18,19);1-4H,5,9H2/t16-,17+;12-,13+;/m00./s1. The summed E-state index contributed by atoms with van der Waals surface area (Å²) >= 11 is 6.74. The van der Waals surface area contributed by atoms with E-state index in [0.29, 0.717) is 37.4 Å². The summed E-state index contributed by atoms with van der Waals surface area (Å²) in [7, 11) is 0. The van der Waals surface area contributed by atoms with E-state index in [1.807, 2.05) is 48.5 Å². The van der Waals surface area contributed by atoms with Gasteiger partial charge in [-0.2, -0.15) is 0 Å². The molecule has 1 heterocycles. The highest BCUT2D eigenvalue weighted by molar-refractivity contribution is 9.10. The Morgan fingerprint density at radius 3 is 1.79 bits per heavy atom. The van der Waals surface area contributed by atoms with Crippen LogP contribution in [0.1, 0.15) is 43.0 Å². The maximum absolute atomic E-state index is 13.2. The lowest BCUT2D eigenvalue weighted by Gasteiger charge is -2.23. The molecule has 14 heteroatoms. The van der Waals surface area contributed by atoms with E-state index in [9.17, 15) is 27.5 Å². The van der Waals surface area contributed by atoms with E-state index in [4.69, 9.17) is 20.9 Å². The van der Waals surface area contributed by atoms with Crippen molar-refractivity contribution < 1.29 is 36.9 Å². The molecule has 8 nitrogen and oxygen atoms in total. The minimum atomic E-state index is -0.812. The first kappa shape index (κ1) is 44.0. The molecule has 1 fully saturated rings. The van der Waals surface area contributed by atoms with Gasteiger partial charge >= 0.3 is 6.09 Å². The Kier molecular flexibility index (Phi) is 17.9.